The number of hydrogen-bond acceptors (Lipinski definition) is 7. The lowest BCUT2D eigenvalue weighted by molar-refractivity contribution is -0.384. The molecule has 31 heavy (non-hydrogen) atoms. The molecular formula is C20H14BrN5O5. The maximum atomic E-state index is 12.8. The van der Waals surface area contributed by atoms with Gasteiger partial charge in [0, 0.05) is 24.5 Å². The third kappa shape index (κ3) is 4.16. The van der Waals surface area contributed by atoms with Crippen molar-refractivity contribution in [2.45, 2.75) is 0 Å². The minimum atomic E-state index is -0.574. The highest BCUT2D eigenvalue weighted by Crippen LogP contribution is 2.34. The highest BCUT2D eigenvalue weighted by Gasteiger charge is 2.20. The van der Waals surface area contributed by atoms with Gasteiger partial charge in [-0.1, -0.05) is 12.1 Å². The number of carbonyl (C=O) groups is 1. The Bertz CT molecular complexity index is 1310. The Labute approximate surface area is 183 Å². The van der Waals surface area contributed by atoms with Crippen LogP contribution in [0.3, 0.4) is 0 Å². The number of carbonyl (C=O) groups excluding carboxylic acids is 1. The van der Waals surface area contributed by atoms with Gasteiger partial charge in [0.2, 0.25) is 0 Å². The molecule has 0 saturated heterocycles. The maximum absolute atomic E-state index is 12.8. The summed E-state index contributed by atoms with van der Waals surface area (Å²) < 4.78 is 12.9. The molecule has 0 aliphatic carbocycles. The maximum Gasteiger partial charge on any atom is 0.277 e. The molecule has 11 heteroatoms. The second kappa shape index (κ2) is 8.40. The minimum absolute atomic E-state index is 0.0809. The third-order valence-corrected chi connectivity index (χ3v) is 4.94. The summed E-state index contributed by atoms with van der Waals surface area (Å²) in [6.07, 6.45) is 3.22. The van der Waals surface area contributed by atoms with Gasteiger partial charge in [0.05, 0.1) is 28.3 Å². The number of nitro benzene ring substituents is 1. The summed E-state index contributed by atoms with van der Waals surface area (Å²) in [5.41, 5.74) is 0.462. The van der Waals surface area contributed by atoms with Gasteiger partial charge in [-0.2, -0.15) is 5.10 Å². The number of ether oxygens (including phenoxy) is 2. The zero-order valence-electron chi connectivity index (χ0n) is 16.0. The summed E-state index contributed by atoms with van der Waals surface area (Å²) in [4.78, 5) is 27.8. The predicted molar refractivity (Wildman–Crippen MR) is 115 cm³/mol. The van der Waals surface area contributed by atoms with Gasteiger partial charge >= 0.3 is 0 Å². The number of nitro groups is 1. The Balaban J connectivity index is 1.66. The summed E-state index contributed by atoms with van der Waals surface area (Å²) >= 11 is 3.32. The van der Waals surface area contributed by atoms with Crippen LogP contribution >= 0.6 is 15.9 Å². The molecule has 10 nitrogen and oxygen atoms in total. The van der Waals surface area contributed by atoms with E-state index in [0.29, 0.717) is 21.6 Å². The normalized spacial score (nSPS) is 10.6. The second-order valence-corrected chi connectivity index (χ2v) is 7.02. The standard InChI is InChI=1S/C20H14BrN5O5/c1-30-15-5-2-3-6-16(15)31-14-10-12(9-13(11-14)26(28)29)23-20(27)18-17(21)19-22-7-4-8-25(19)24-18/h2-11H,1H3,(H,23,27). The first kappa shape index (κ1) is 20.3. The van der Waals surface area contributed by atoms with E-state index in [1.54, 1.807) is 42.7 Å². The first-order chi connectivity index (χ1) is 15.0. The second-order valence-electron chi connectivity index (χ2n) is 6.23. The van der Waals surface area contributed by atoms with Crippen LogP contribution in [-0.4, -0.2) is 32.5 Å². The number of nitrogens with zero attached hydrogens (tertiary/aromatic N) is 4. The molecule has 1 amide bonds. The van der Waals surface area contributed by atoms with Crippen molar-refractivity contribution >= 4 is 38.9 Å². The number of rotatable bonds is 6. The first-order valence-corrected chi connectivity index (χ1v) is 9.66. The van der Waals surface area contributed by atoms with E-state index >= 15 is 0 Å². The molecule has 1 N–H and O–H groups in total. The number of benzene rings is 2. The number of anilines is 1. The van der Waals surface area contributed by atoms with Crippen molar-refractivity contribution in [3.05, 3.63) is 81.2 Å². The number of para-hydroxylation sites is 2. The SMILES string of the molecule is COc1ccccc1Oc1cc(NC(=O)c2nn3cccnc3c2Br)cc([N+](=O)[O-])c1. The van der Waals surface area contributed by atoms with Crippen molar-refractivity contribution in [3.63, 3.8) is 0 Å². The molecule has 0 aliphatic rings. The highest BCUT2D eigenvalue weighted by atomic mass is 79.9. The van der Waals surface area contributed by atoms with Crippen LogP contribution in [0, 0.1) is 10.1 Å². The lowest BCUT2D eigenvalue weighted by Gasteiger charge is -2.11. The molecule has 0 aliphatic heterocycles. The van der Waals surface area contributed by atoms with Gasteiger partial charge < -0.3 is 14.8 Å². The molecule has 0 saturated carbocycles. The summed E-state index contributed by atoms with van der Waals surface area (Å²) in [6.45, 7) is 0. The summed E-state index contributed by atoms with van der Waals surface area (Å²) in [6, 6.07) is 12.5. The van der Waals surface area contributed by atoms with E-state index in [1.807, 2.05) is 0 Å². The molecule has 0 radical (unpaired) electrons. The van der Waals surface area contributed by atoms with E-state index < -0.39 is 10.8 Å². The first-order valence-electron chi connectivity index (χ1n) is 8.87. The van der Waals surface area contributed by atoms with Gasteiger partial charge in [0.1, 0.15) is 5.75 Å². The van der Waals surface area contributed by atoms with Crippen LogP contribution < -0.4 is 14.8 Å². The molecule has 0 fully saturated rings. The van der Waals surface area contributed by atoms with E-state index in [9.17, 15) is 14.9 Å². The zero-order chi connectivity index (χ0) is 22.0. The summed E-state index contributed by atoms with van der Waals surface area (Å²) in [5.74, 6) is 0.420. The van der Waals surface area contributed by atoms with Gasteiger partial charge in [0.15, 0.2) is 22.8 Å². The Morgan fingerprint density at radius 3 is 2.68 bits per heavy atom. The molecule has 2 heterocycles. The molecule has 156 valence electrons. The van der Waals surface area contributed by atoms with E-state index in [0.717, 1.165) is 0 Å². The molecule has 4 rings (SSSR count). The van der Waals surface area contributed by atoms with Crippen molar-refractivity contribution in [2.75, 3.05) is 12.4 Å². The van der Waals surface area contributed by atoms with Crippen molar-refractivity contribution in [1.29, 1.82) is 0 Å². The van der Waals surface area contributed by atoms with Crippen LogP contribution in [-0.2, 0) is 0 Å². The van der Waals surface area contributed by atoms with Crippen LogP contribution in [0.5, 0.6) is 17.2 Å². The van der Waals surface area contributed by atoms with Crippen LogP contribution in [0.15, 0.2) is 65.4 Å². The summed E-state index contributed by atoms with van der Waals surface area (Å²) in [5, 5.41) is 18.2. The smallest absolute Gasteiger partial charge is 0.277 e. The topological polar surface area (TPSA) is 121 Å². The van der Waals surface area contributed by atoms with E-state index in [1.165, 1.54) is 29.8 Å². The minimum Gasteiger partial charge on any atom is -0.493 e. The molecule has 0 bridgehead atoms. The number of halogens is 1. The van der Waals surface area contributed by atoms with Gasteiger partial charge in [0.25, 0.3) is 11.6 Å². The summed E-state index contributed by atoms with van der Waals surface area (Å²) in [7, 11) is 1.49. The third-order valence-electron chi connectivity index (χ3n) is 4.21. The highest BCUT2D eigenvalue weighted by molar-refractivity contribution is 9.10. The largest absolute Gasteiger partial charge is 0.493 e. The molecule has 2 aromatic heterocycles. The van der Waals surface area contributed by atoms with Gasteiger partial charge in [-0.25, -0.2) is 9.50 Å². The monoisotopic (exact) mass is 483 g/mol. The Kier molecular flexibility index (Phi) is 5.50. The Morgan fingerprint density at radius 2 is 1.97 bits per heavy atom. The van der Waals surface area contributed by atoms with Crippen LogP contribution in [0.2, 0.25) is 0 Å². The quantitative estimate of drug-likeness (QED) is 0.317. The van der Waals surface area contributed by atoms with Crippen LogP contribution in [0.4, 0.5) is 11.4 Å². The molecule has 2 aromatic carbocycles. The fourth-order valence-corrected chi connectivity index (χ4v) is 3.39. The van der Waals surface area contributed by atoms with Crippen LogP contribution in [0.1, 0.15) is 10.5 Å². The van der Waals surface area contributed by atoms with Crippen LogP contribution in [0.25, 0.3) is 5.65 Å². The van der Waals surface area contributed by atoms with E-state index in [2.05, 4.69) is 31.3 Å². The molecule has 0 unspecified atom stereocenters. The number of non-ortho nitro benzene ring substituents is 1. The number of amides is 1. The van der Waals surface area contributed by atoms with Gasteiger partial charge in [-0.15, -0.1) is 0 Å². The zero-order valence-corrected chi connectivity index (χ0v) is 17.6. The fourth-order valence-electron chi connectivity index (χ4n) is 2.84. The van der Waals surface area contributed by atoms with Crippen molar-refractivity contribution < 1.29 is 19.2 Å². The predicted octanol–water partition coefficient (Wildman–Crippen LogP) is 4.45. The number of methoxy groups -OCH3 is 1. The lowest BCUT2D eigenvalue weighted by Crippen LogP contribution is -2.13. The lowest BCUT2D eigenvalue weighted by atomic mass is 10.2. The molecule has 4 aromatic rings. The van der Waals surface area contributed by atoms with Crippen molar-refractivity contribution in [2.24, 2.45) is 0 Å². The number of nitrogens with one attached hydrogen (secondary N) is 1. The number of hydrogen-bond donors (Lipinski definition) is 1. The number of aromatic nitrogens is 3. The molecule has 0 spiro atoms. The van der Waals surface area contributed by atoms with Gasteiger partial charge in [-0.3, -0.25) is 14.9 Å². The van der Waals surface area contributed by atoms with Crippen molar-refractivity contribution in [1.82, 2.24) is 14.6 Å². The fraction of sp³-hybridized carbons (Fsp3) is 0.0500. The Hall–Kier alpha value is -3.99. The van der Waals surface area contributed by atoms with E-state index in [4.69, 9.17) is 9.47 Å². The van der Waals surface area contributed by atoms with Crippen molar-refractivity contribution in [3.8, 4) is 17.2 Å². The average molecular weight is 484 g/mol. The Morgan fingerprint density at radius 1 is 1.19 bits per heavy atom. The van der Waals surface area contributed by atoms with Gasteiger partial charge in [-0.05, 0) is 34.1 Å². The number of fused-ring (bicyclic) bond motifs is 1. The average Bonchev–Trinajstić information content (AvgIpc) is 3.11. The molecular weight excluding hydrogens is 470 g/mol. The molecule has 0 atom stereocenters. The van der Waals surface area contributed by atoms with E-state index in [-0.39, 0.29) is 22.8 Å².